The maximum Gasteiger partial charge on any atom is 0.165 e. The number of nitrogens with zero attached hydrogens (tertiary/aromatic N) is 1. The van der Waals surface area contributed by atoms with E-state index < -0.39 is 0 Å². The molecule has 3 aromatic rings. The maximum atomic E-state index is 14.5. The summed E-state index contributed by atoms with van der Waals surface area (Å²) in [4.78, 5) is 2.17. The Bertz CT molecular complexity index is 1050. The largest absolute Gasteiger partial charge is 0.497 e. The first-order chi connectivity index (χ1) is 15.1. The zero-order valence-corrected chi connectivity index (χ0v) is 18.0. The molecule has 1 aliphatic heterocycles. The average molecular weight is 423 g/mol. The van der Waals surface area contributed by atoms with Crippen molar-refractivity contribution in [2.45, 2.75) is 13.1 Å². The van der Waals surface area contributed by atoms with Gasteiger partial charge in [-0.25, -0.2) is 4.39 Å². The Balaban J connectivity index is 1.63. The third-order valence-corrected chi connectivity index (χ3v) is 5.48. The van der Waals surface area contributed by atoms with Crippen molar-refractivity contribution in [3.8, 4) is 34.1 Å². The van der Waals surface area contributed by atoms with Crippen LogP contribution in [0.25, 0.3) is 11.1 Å². The quantitative estimate of drug-likeness (QED) is 0.563. The van der Waals surface area contributed by atoms with Crippen molar-refractivity contribution in [2.24, 2.45) is 0 Å². The van der Waals surface area contributed by atoms with Gasteiger partial charge in [-0.3, -0.25) is 4.90 Å². The van der Waals surface area contributed by atoms with Crippen molar-refractivity contribution in [2.75, 3.05) is 34.5 Å². The van der Waals surface area contributed by atoms with Gasteiger partial charge in [0.25, 0.3) is 0 Å². The molecule has 162 valence electrons. The summed E-state index contributed by atoms with van der Waals surface area (Å²) in [6, 6.07) is 17.0. The molecule has 0 bridgehead atoms. The fourth-order valence-corrected chi connectivity index (χ4v) is 3.80. The van der Waals surface area contributed by atoms with E-state index in [0.717, 1.165) is 28.2 Å². The Hall–Kier alpha value is -3.25. The third-order valence-electron chi connectivity index (χ3n) is 5.48. The predicted octanol–water partition coefficient (Wildman–Crippen LogP) is 4.91. The van der Waals surface area contributed by atoms with Gasteiger partial charge in [-0.05, 0) is 41.5 Å². The van der Waals surface area contributed by atoms with Gasteiger partial charge >= 0.3 is 0 Å². The lowest BCUT2D eigenvalue weighted by molar-refractivity contribution is 0.215. The highest BCUT2D eigenvalue weighted by atomic mass is 19.1. The Kier molecular flexibility index (Phi) is 6.28. The summed E-state index contributed by atoms with van der Waals surface area (Å²) in [5, 5.41) is 0. The second-order valence-electron chi connectivity index (χ2n) is 7.41. The molecule has 0 amide bonds. The number of hydrogen-bond acceptors (Lipinski definition) is 5. The van der Waals surface area contributed by atoms with Crippen LogP contribution in [0.3, 0.4) is 0 Å². The summed E-state index contributed by atoms with van der Waals surface area (Å²) in [5.74, 6) is 2.49. The van der Waals surface area contributed by atoms with Crippen molar-refractivity contribution >= 4 is 0 Å². The number of ether oxygens (including phenoxy) is 4. The van der Waals surface area contributed by atoms with E-state index in [-0.39, 0.29) is 5.82 Å². The molecule has 0 N–H and O–H groups in total. The molecule has 0 spiro atoms. The smallest absolute Gasteiger partial charge is 0.165 e. The summed E-state index contributed by atoms with van der Waals surface area (Å²) in [6.45, 7) is 2.29. The van der Waals surface area contributed by atoms with Gasteiger partial charge in [-0.15, -0.1) is 0 Å². The summed E-state index contributed by atoms with van der Waals surface area (Å²) in [6.07, 6.45) is 0. The summed E-state index contributed by atoms with van der Waals surface area (Å²) in [5.41, 5.74) is 3.72. The zero-order chi connectivity index (χ0) is 21.8. The van der Waals surface area contributed by atoms with Crippen LogP contribution in [0.5, 0.6) is 23.0 Å². The van der Waals surface area contributed by atoms with Crippen molar-refractivity contribution in [3.63, 3.8) is 0 Å². The minimum atomic E-state index is -0.269. The fraction of sp³-hybridized carbons (Fsp3) is 0.280. The first-order valence-corrected chi connectivity index (χ1v) is 10.1. The lowest BCUT2D eigenvalue weighted by atomic mass is 10.0. The zero-order valence-electron chi connectivity index (χ0n) is 18.0. The lowest BCUT2D eigenvalue weighted by Gasteiger charge is -2.20. The first kappa shape index (κ1) is 21.0. The van der Waals surface area contributed by atoms with Crippen LogP contribution in [0, 0.1) is 5.82 Å². The van der Waals surface area contributed by atoms with Crippen molar-refractivity contribution in [1.82, 2.24) is 4.90 Å². The monoisotopic (exact) mass is 423 g/mol. The Morgan fingerprint density at radius 1 is 0.871 bits per heavy atom. The molecule has 0 aromatic heterocycles. The van der Waals surface area contributed by atoms with E-state index >= 15 is 0 Å². The average Bonchev–Trinajstić information content (AvgIpc) is 3.01. The van der Waals surface area contributed by atoms with E-state index in [2.05, 4.69) is 11.0 Å². The molecule has 31 heavy (non-hydrogen) atoms. The number of halogens is 1. The Labute approximate surface area is 181 Å². The van der Waals surface area contributed by atoms with Gasteiger partial charge in [0.1, 0.15) is 23.9 Å². The Morgan fingerprint density at radius 2 is 1.61 bits per heavy atom. The summed E-state index contributed by atoms with van der Waals surface area (Å²) < 4.78 is 36.5. The summed E-state index contributed by atoms with van der Waals surface area (Å²) >= 11 is 0. The SMILES string of the molecule is COc1ccc(-c2cc3c(c(OC)c2)OCCN(Cc2ccc(OC)cc2F)C3)cc1. The number of fused-ring (bicyclic) bond motifs is 1. The van der Waals surface area contributed by atoms with Crippen LogP contribution in [0.1, 0.15) is 11.1 Å². The van der Waals surface area contributed by atoms with Gasteiger partial charge < -0.3 is 18.9 Å². The molecule has 1 aliphatic rings. The van der Waals surface area contributed by atoms with E-state index in [1.54, 1.807) is 26.4 Å². The number of hydrogen-bond donors (Lipinski definition) is 0. The van der Waals surface area contributed by atoms with Crippen LogP contribution in [-0.2, 0) is 13.1 Å². The van der Waals surface area contributed by atoms with E-state index in [0.29, 0.717) is 43.3 Å². The normalized spacial score (nSPS) is 13.7. The second-order valence-corrected chi connectivity index (χ2v) is 7.41. The number of rotatable bonds is 6. The maximum absolute atomic E-state index is 14.5. The molecule has 0 unspecified atom stereocenters. The molecule has 4 rings (SSSR count). The molecule has 0 aliphatic carbocycles. The van der Waals surface area contributed by atoms with Crippen LogP contribution in [-0.4, -0.2) is 39.4 Å². The molecule has 0 fully saturated rings. The molecule has 1 heterocycles. The molecular formula is C25H26FNO4. The van der Waals surface area contributed by atoms with Crippen LogP contribution in [0.4, 0.5) is 4.39 Å². The summed E-state index contributed by atoms with van der Waals surface area (Å²) in [7, 11) is 4.83. The first-order valence-electron chi connectivity index (χ1n) is 10.1. The third kappa shape index (κ3) is 4.59. The number of methoxy groups -OCH3 is 3. The molecule has 3 aromatic carbocycles. The van der Waals surface area contributed by atoms with Crippen molar-refractivity contribution in [1.29, 1.82) is 0 Å². The lowest BCUT2D eigenvalue weighted by Crippen LogP contribution is -2.25. The second kappa shape index (κ2) is 9.27. The molecule has 0 saturated heterocycles. The van der Waals surface area contributed by atoms with Gasteiger partial charge in [-0.2, -0.15) is 0 Å². The van der Waals surface area contributed by atoms with Gasteiger partial charge in [0, 0.05) is 36.8 Å². The van der Waals surface area contributed by atoms with Gasteiger partial charge in [0.05, 0.1) is 21.3 Å². The Morgan fingerprint density at radius 3 is 2.29 bits per heavy atom. The standard InChI is InChI=1S/C25H26FNO4/c1-28-21-7-4-17(5-8-21)19-12-20-16-27(10-11-31-25(20)24(13-19)30-3)15-18-6-9-22(29-2)14-23(18)26/h4-9,12-14H,10-11,15-16H2,1-3H3. The highest BCUT2D eigenvalue weighted by molar-refractivity contribution is 5.70. The van der Waals surface area contributed by atoms with Crippen LogP contribution in [0.15, 0.2) is 54.6 Å². The molecule has 5 nitrogen and oxygen atoms in total. The van der Waals surface area contributed by atoms with Crippen molar-refractivity contribution < 1.29 is 23.3 Å². The highest BCUT2D eigenvalue weighted by Crippen LogP contribution is 2.39. The van der Waals surface area contributed by atoms with Crippen molar-refractivity contribution in [3.05, 3.63) is 71.5 Å². The van der Waals surface area contributed by atoms with Gasteiger partial charge in [0.15, 0.2) is 11.5 Å². The molecular weight excluding hydrogens is 397 g/mol. The van der Waals surface area contributed by atoms with Crippen LogP contribution in [0.2, 0.25) is 0 Å². The number of benzene rings is 3. The molecule has 6 heteroatoms. The minimum absolute atomic E-state index is 0.269. The van der Waals surface area contributed by atoms with Crippen LogP contribution < -0.4 is 18.9 Å². The molecule has 0 atom stereocenters. The van der Waals surface area contributed by atoms with E-state index in [4.69, 9.17) is 18.9 Å². The van der Waals surface area contributed by atoms with Gasteiger partial charge in [0.2, 0.25) is 0 Å². The molecule has 0 saturated carbocycles. The molecule has 0 radical (unpaired) electrons. The predicted molar refractivity (Wildman–Crippen MR) is 118 cm³/mol. The van der Waals surface area contributed by atoms with Gasteiger partial charge in [-0.1, -0.05) is 18.2 Å². The topological polar surface area (TPSA) is 40.2 Å². The highest BCUT2D eigenvalue weighted by Gasteiger charge is 2.21. The van der Waals surface area contributed by atoms with E-state index in [1.807, 2.05) is 30.3 Å². The fourth-order valence-electron chi connectivity index (χ4n) is 3.80. The minimum Gasteiger partial charge on any atom is -0.497 e. The van der Waals surface area contributed by atoms with Crippen LogP contribution >= 0.6 is 0 Å². The van der Waals surface area contributed by atoms with E-state index in [1.165, 1.54) is 13.2 Å². The van der Waals surface area contributed by atoms with E-state index in [9.17, 15) is 4.39 Å².